The molecule has 0 bridgehead atoms. The van der Waals surface area contributed by atoms with Gasteiger partial charge < -0.3 is 9.84 Å². The van der Waals surface area contributed by atoms with Gasteiger partial charge >= 0.3 is 5.97 Å². The van der Waals surface area contributed by atoms with Gasteiger partial charge in [-0.05, 0) is 39.7 Å². The predicted molar refractivity (Wildman–Crippen MR) is 57.3 cm³/mol. The van der Waals surface area contributed by atoms with Crippen molar-refractivity contribution in [2.45, 2.75) is 0 Å². The summed E-state index contributed by atoms with van der Waals surface area (Å²) in [6, 6.07) is 6.60. The fourth-order valence-electron chi connectivity index (χ4n) is 0.951. The molecule has 1 aromatic carbocycles. The van der Waals surface area contributed by atoms with E-state index in [0.717, 1.165) is 5.56 Å². The van der Waals surface area contributed by atoms with Crippen LogP contribution in [0.25, 0.3) is 6.08 Å². The summed E-state index contributed by atoms with van der Waals surface area (Å²) < 4.78 is 5.44. The summed E-state index contributed by atoms with van der Waals surface area (Å²) >= 11 is 3.17. The van der Waals surface area contributed by atoms with E-state index in [2.05, 4.69) is 15.9 Å². The molecule has 0 atom stereocenters. The highest BCUT2D eigenvalue weighted by atomic mass is 79.9. The fourth-order valence-corrected chi connectivity index (χ4v) is 1.22. The van der Waals surface area contributed by atoms with Crippen LogP contribution in [0, 0.1) is 0 Å². The van der Waals surface area contributed by atoms with Gasteiger partial charge in [0.2, 0.25) is 0 Å². The zero-order chi connectivity index (χ0) is 10.6. The molecule has 0 heterocycles. The molecule has 0 aromatic heterocycles. The molecule has 4 heteroatoms. The van der Waals surface area contributed by atoms with Crippen LogP contribution in [0.15, 0.2) is 28.9 Å². The lowest BCUT2D eigenvalue weighted by molar-refractivity contribution is 0.0697. The van der Waals surface area contributed by atoms with Crippen LogP contribution in [-0.2, 0) is 4.74 Å². The molecule has 1 rings (SSSR count). The SMILES string of the molecule is CO/C(Br)=C\c1cccc(C(=O)O)c1. The Morgan fingerprint density at radius 2 is 2.29 bits per heavy atom. The number of rotatable bonds is 3. The van der Waals surface area contributed by atoms with Gasteiger partial charge in [0, 0.05) is 0 Å². The molecule has 1 aromatic rings. The molecule has 3 nitrogen and oxygen atoms in total. The number of carbonyl (C=O) groups is 1. The van der Waals surface area contributed by atoms with Gasteiger partial charge in [-0.2, -0.15) is 0 Å². The second-order valence-electron chi connectivity index (χ2n) is 2.58. The number of halogens is 1. The van der Waals surface area contributed by atoms with Gasteiger partial charge in [0.25, 0.3) is 0 Å². The molecular weight excluding hydrogens is 248 g/mol. The lowest BCUT2D eigenvalue weighted by atomic mass is 10.1. The normalized spacial score (nSPS) is 11.1. The Morgan fingerprint density at radius 3 is 2.86 bits per heavy atom. The van der Waals surface area contributed by atoms with E-state index in [0.29, 0.717) is 4.67 Å². The van der Waals surface area contributed by atoms with Gasteiger partial charge in [-0.1, -0.05) is 12.1 Å². The average Bonchev–Trinajstić information content (AvgIpc) is 2.18. The molecule has 0 aliphatic carbocycles. The number of ether oxygens (including phenoxy) is 1. The van der Waals surface area contributed by atoms with Gasteiger partial charge in [0.1, 0.15) is 0 Å². The highest BCUT2D eigenvalue weighted by Crippen LogP contribution is 2.13. The van der Waals surface area contributed by atoms with Crippen molar-refractivity contribution in [2.75, 3.05) is 7.11 Å². The maximum absolute atomic E-state index is 10.6. The number of benzene rings is 1. The molecule has 0 spiro atoms. The van der Waals surface area contributed by atoms with E-state index >= 15 is 0 Å². The molecule has 0 aliphatic rings. The number of methoxy groups -OCH3 is 1. The van der Waals surface area contributed by atoms with Gasteiger partial charge in [-0.3, -0.25) is 0 Å². The van der Waals surface area contributed by atoms with Crippen LogP contribution in [0.5, 0.6) is 0 Å². The van der Waals surface area contributed by atoms with Crippen LogP contribution in [0.3, 0.4) is 0 Å². The first-order valence-corrected chi connectivity index (χ1v) is 4.67. The molecule has 0 amide bonds. The molecule has 0 fully saturated rings. The Bertz CT molecular complexity index is 371. The quantitative estimate of drug-likeness (QED) is 0.847. The van der Waals surface area contributed by atoms with Crippen molar-refractivity contribution < 1.29 is 14.6 Å². The van der Waals surface area contributed by atoms with Crippen molar-refractivity contribution in [1.82, 2.24) is 0 Å². The summed E-state index contributed by atoms with van der Waals surface area (Å²) in [6.45, 7) is 0. The number of hydrogen-bond acceptors (Lipinski definition) is 2. The molecule has 0 saturated heterocycles. The number of aromatic carboxylic acids is 1. The Morgan fingerprint density at radius 1 is 1.57 bits per heavy atom. The summed E-state index contributed by atoms with van der Waals surface area (Å²) in [5.41, 5.74) is 1.04. The Hall–Kier alpha value is -1.29. The van der Waals surface area contributed by atoms with Gasteiger partial charge in [-0.15, -0.1) is 0 Å². The van der Waals surface area contributed by atoms with Crippen molar-refractivity contribution in [1.29, 1.82) is 0 Å². The minimum absolute atomic E-state index is 0.259. The second kappa shape index (κ2) is 4.81. The van der Waals surface area contributed by atoms with Crippen LogP contribution in [0.2, 0.25) is 0 Å². The summed E-state index contributed by atoms with van der Waals surface area (Å²) in [4.78, 5) is 10.6. The second-order valence-corrected chi connectivity index (χ2v) is 3.36. The van der Waals surface area contributed by atoms with Gasteiger partial charge in [0.15, 0.2) is 4.67 Å². The van der Waals surface area contributed by atoms with Crippen molar-refractivity contribution in [2.24, 2.45) is 0 Å². The lowest BCUT2D eigenvalue weighted by Gasteiger charge is -1.99. The predicted octanol–water partition coefficient (Wildman–Crippen LogP) is 2.72. The monoisotopic (exact) mass is 256 g/mol. The summed E-state index contributed by atoms with van der Waals surface area (Å²) in [7, 11) is 1.53. The van der Waals surface area contributed by atoms with E-state index in [-0.39, 0.29) is 5.56 Å². The minimum Gasteiger partial charge on any atom is -0.490 e. The number of carboxylic acid groups (broad SMARTS) is 1. The average molecular weight is 257 g/mol. The highest BCUT2D eigenvalue weighted by Gasteiger charge is 2.01. The third-order valence-electron chi connectivity index (χ3n) is 1.61. The largest absolute Gasteiger partial charge is 0.490 e. The molecule has 0 unspecified atom stereocenters. The topological polar surface area (TPSA) is 46.5 Å². The van der Waals surface area contributed by atoms with E-state index in [1.807, 2.05) is 0 Å². The highest BCUT2D eigenvalue weighted by molar-refractivity contribution is 9.11. The Balaban J connectivity index is 3.00. The third kappa shape index (κ3) is 2.88. The summed E-state index contributed by atoms with van der Waals surface area (Å²) in [6.07, 6.45) is 1.70. The molecular formula is C10H9BrO3. The third-order valence-corrected chi connectivity index (χ3v) is 2.16. The molecule has 74 valence electrons. The van der Waals surface area contributed by atoms with Gasteiger partial charge in [-0.25, -0.2) is 4.79 Å². The number of carboxylic acids is 1. The maximum atomic E-state index is 10.6. The lowest BCUT2D eigenvalue weighted by Crippen LogP contribution is -1.95. The zero-order valence-electron chi connectivity index (χ0n) is 7.53. The first kappa shape index (κ1) is 10.8. The molecule has 14 heavy (non-hydrogen) atoms. The molecule has 0 aliphatic heterocycles. The first-order chi connectivity index (χ1) is 6.63. The van der Waals surface area contributed by atoms with Crippen LogP contribution in [0.1, 0.15) is 15.9 Å². The van der Waals surface area contributed by atoms with E-state index in [1.165, 1.54) is 7.11 Å². The van der Waals surface area contributed by atoms with E-state index < -0.39 is 5.97 Å². The van der Waals surface area contributed by atoms with Crippen molar-refractivity contribution in [3.63, 3.8) is 0 Å². The molecule has 1 N–H and O–H groups in total. The summed E-state index contributed by atoms with van der Waals surface area (Å²) in [5, 5.41) is 8.74. The van der Waals surface area contributed by atoms with Crippen LogP contribution < -0.4 is 0 Å². The van der Waals surface area contributed by atoms with E-state index in [9.17, 15) is 4.79 Å². The standard InChI is InChI=1S/C10H9BrO3/c1-14-9(11)6-7-3-2-4-8(5-7)10(12)13/h2-6H,1H3,(H,12,13)/b9-6-. The van der Waals surface area contributed by atoms with Crippen LogP contribution >= 0.6 is 15.9 Å². The van der Waals surface area contributed by atoms with Crippen molar-refractivity contribution in [3.05, 3.63) is 40.1 Å². The fraction of sp³-hybridized carbons (Fsp3) is 0.100. The van der Waals surface area contributed by atoms with Crippen LogP contribution in [-0.4, -0.2) is 18.2 Å². The van der Waals surface area contributed by atoms with E-state index in [1.54, 1.807) is 30.3 Å². The Labute approximate surface area is 90.1 Å². The Kier molecular flexibility index (Phi) is 3.71. The van der Waals surface area contributed by atoms with Gasteiger partial charge in [0.05, 0.1) is 12.7 Å². The molecule has 0 radical (unpaired) electrons. The molecule has 0 saturated carbocycles. The smallest absolute Gasteiger partial charge is 0.335 e. The van der Waals surface area contributed by atoms with Crippen molar-refractivity contribution in [3.8, 4) is 0 Å². The number of hydrogen-bond donors (Lipinski definition) is 1. The summed E-state index contributed by atoms with van der Waals surface area (Å²) in [5.74, 6) is -0.936. The van der Waals surface area contributed by atoms with E-state index in [4.69, 9.17) is 9.84 Å². The zero-order valence-corrected chi connectivity index (χ0v) is 9.11. The maximum Gasteiger partial charge on any atom is 0.335 e. The van der Waals surface area contributed by atoms with Crippen molar-refractivity contribution >= 4 is 28.0 Å². The first-order valence-electron chi connectivity index (χ1n) is 3.88. The minimum atomic E-state index is -0.936. The van der Waals surface area contributed by atoms with Crippen LogP contribution in [0.4, 0.5) is 0 Å².